The highest BCUT2D eigenvalue weighted by Gasteiger charge is 2.04. The molecule has 0 aliphatic rings. The van der Waals surface area contributed by atoms with Crippen LogP contribution in [0.1, 0.15) is 22.4 Å². The molecule has 0 amide bonds. The third kappa shape index (κ3) is 1.54. The zero-order chi connectivity index (χ0) is 10.2. The van der Waals surface area contributed by atoms with Crippen LogP contribution in [0.15, 0.2) is 9.59 Å². The van der Waals surface area contributed by atoms with Crippen LogP contribution in [0.4, 0.5) is 0 Å². The predicted octanol–water partition coefficient (Wildman–Crippen LogP) is 0.969. The van der Waals surface area contributed by atoms with Crippen LogP contribution in [0, 0.1) is 27.7 Å². The van der Waals surface area contributed by atoms with Gasteiger partial charge in [0.25, 0.3) is 5.56 Å². The molecule has 1 aromatic rings. The Kier molecular flexibility index (Phi) is 2.36. The molecule has 1 rings (SSSR count). The molecule has 1 N–H and O–H groups in total. The minimum absolute atomic E-state index is 0.0478. The van der Waals surface area contributed by atoms with Crippen LogP contribution in [0.2, 0.25) is 0 Å². The Hall–Kier alpha value is -1.38. The first-order chi connectivity index (χ1) is 5.95. The van der Waals surface area contributed by atoms with Gasteiger partial charge >= 0.3 is 0 Å². The van der Waals surface area contributed by atoms with Gasteiger partial charge in [-0.15, -0.1) is 0 Å². The van der Waals surface area contributed by atoms with Gasteiger partial charge in [0.15, 0.2) is 5.43 Å². The molecule has 0 radical (unpaired) electrons. The second kappa shape index (κ2) is 3.17. The van der Waals surface area contributed by atoms with Gasteiger partial charge in [0.1, 0.15) is 0 Å². The summed E-state index contributed by atoms with van der Waals surface area (Å²) >= 11 is 0. The summed E-state index contributed by atoms with van der Waals surface area (Å²) in [6.45, 7) is 6.80. The molecule has 0 atom stereocenters. The van der Waals surface area contributed by atoms with Crippen molar-refractivity contribution in [2.75, 3.05) is 0 Å². The molecule has 0 aromatic carbocycles. The third-order valence-corrected chi connectivity index (χ3v) is 2.45. The number of hydrogen-bond donors (Lipinski definition) is 1. The highest BCUT2D eigenvalue weighted by atomic mass is 16.1. The van der Waals surface area contributed by atoms with Gasteiger partial charge in [-0.2, -0.15) is 0 Å². The largest absolute Gasteiger partial charge is 0.326 e. The van der Waals surface area contributed by atoms with E-state index in [9.17, 15) is 9.59 Å². The number of nitrogens with one attached hydrogen (secondary N) is 1. The summed E-state index contributed by atoms with van der Waals surface area (Å²) in [5.74, 6) is 0. The summed E-state index contributed by atoms with van der Waals surface area (Å²) in [6.07, 6.45) is 0. The zero-order valence-electron chi connectivity index (χ0n) is 8.32. The van der Waals surface area contributed by atoms with E-state index in [0.717, 1.165) is 0 Å². The van der Waals surface area contributed by atoms with Crippen LogP contribution in [0.3, 0.4) is 0 Å². The van der Waals surface area contributed by atoms with Crippen LogP contribution in [0.25, 0.3) is 0 Å². The number of aromatic amines is 1. The molecule has 70 valence electrons. The normalized spacial score (nSPS) is 10.2. The summed E-state index contributed by atoms with van der Waals surface area (Å²) in [4.78, 5) is 25.6. The molecule has 1 aromatic heterocycles. The molecular formula is C10H13NO2. The van der Waals surface area contributed by atoms with Gasteiger partial charge < -0.3 is 4.98 Å². The van der Waals surface area contributed by atoms with Crippen LogP contribution >= 0.6 is 0 Å². The van der Waals surface area contributed by atoms with E-state index in [0.29, 0.717) is 22.4 Å². The van der Waals surface area contributed by atoms with Crippen molar-refractivity contribution >= 4 is 0 Å². The average molecular weight is 179 g/mol. The Balaban J connectivity index is 3.94. The van der Waals surface area contributed by atoms with E-state index in [2.05, 4.69) is 4.98 Å². The second-order valence-electron chi connectivity index (χ2n) is 3.28. The van der Waals surface area contributed by atoms with Crippen molar-refractivity contribution in [3.05, 3.63) is 43.0 Å². The van der Waals surface area contributed by atoms with Crippen LogP contribution in [0.5, 0.6) is 0 Å². The van der Waals surface area contributed by atoms with Gasteiger partial charge in [-0.25, -0.2) is 0 Å². The van der Waals surface area contributed by atoms with Crippen LogP contribution in [-0.2, 0) is 0 Å². The van der Waals surface area contributed by atoms with Gasteiger partial charge in [0, 0.05) is 22.4 Å². The third-order valence-electron chi connectivity index (χ3n) is 2.45. The molecule has 0 spiro atoms. The first-order valence-corrected chi connectivity index (χ1v) is 4.16. The topological polar surface area (TPSA) is 49.9 Å². The summed E-state index contributed by atoms with van der Waals surface area (Å²) in [7, 11) is 0. The molecule has 0 saturated carbocycles. The van der Waals surface area contributed by atoms with E-state index in [4.69, 9.17) is 0 Å². The van der Waals surface area contributed by atoms with Gasteiger partial charge in [-0.05, 0) is 27.7 Å². The lowest BCUT2D eigenvalue weighted by atomic mass is 10.1. The van der Waals surface area contributed by atoms with Crippen LogP contribution in [-0.4, -0.2) is 4.98 Å². The minimum Gasteiger partial charge on any atom is -0.326 e. The lowest BCUT2D eigenvalue weighted by Gasteiger charge is -1.89. The van der Waals surface area contributed by atoms with E-state index in [1.165, 1.54) is 0 Å². The average Bonchev–Trinajstić information content (AvgIpc) is 2.15. The van der Waals surface area contributed by atoms with Gasteiger partial charge in [0.2, 0.25) is 0 Å². The number of aromatic nitrogens is 1. The molecule has 13 heavy (non-hydrogen) atoms. The highest BCUT2D eigenvalue weighted by molar-refractivity contribution is 5.27. The Labute approximate surface area is 76.4 Å². The van der Waals surface area contributed by atoms with Crippen molar-refractivity contribution in [3.8, 4) is 0 Å². The summed E-state index contributed by atoms with van der Waals surface area (Å²) < 4.78 is 0. The smallest absolute Gasteiger partial charge is 0.251 e. The molecule has 0 saturated heterocycles. The SMILES string of the molecule is Cc1[nH]c(=O)c(C)c(C)c(=O)c1C. The second-order valence-corrected chi connectivity index (χ2v) is 3.28. The molecule has 1 heterocycles. The fourth-order valence-corrected chi connectivity index (χ4v) is 1.15. The number of aryl methyl sites for hydroxylation is 1. The Morgan fingerprint density at radius 2 is 1.38 bits per heavy atom. The minimum atomic E-state index is -0.180. The first kappa shape index (κ1) is 9.71. The van der Waals surface area contributed by atoms with Crippen molar-refractivity contribution in [1.82, 2.24) is 4.98 Å². The maximum Gasteiger partial charge on any atom is 0.251 e. The Morgan fingerprint density at radius 1 is 0.846 bits per heavy atom. The molecule has 0 aliphatic heterocycles. The standard InChI is InChI=1S/C10H13NO2/c1-5-6(2)10(13)11-8(4)7(3)9(5)12/h1-4H3,(H,11,13). The van der Waals surface area contributed by atoms with Gasteiger partial charge in [-0.3, -0.25) is 9.59 Å². The number of hydrogen-bond acceptors (Lipinski definition) is 2. The van der Waals surface area contributed by atoms with Crippen molar-refractivity contribution < 1.29 is 0 Å². The Morgan fingerprint density at radius 3 is 1.92 bits per heavy atom. The monoisotopic (exact) mass is 179 g/mol. The molecule has 0 bridgehead atoms. The summed E-state index contributed by atoms with van der Waals surface area (Å²) in [5.41, 5.74) is 2.07. The first-order valence-electron chi connectivity index (χ1n) is 4.16. The van der Waals surface area contributed by atoms with E-state index >= 15 is 0 Å². The number of rotatable bonds is 0. The van der Waals surface area contributed by atoms with Crippen molar-refractivity contribution in [2.24, 2.45) is 0 Å². The van der Waals surface area contributed by atoms with Gasteiger partial charge in [0.05, 0.1) is 0 Å². The quantitative estimate of drug-likeness (QED) is 0.645. The molecule has 3 heteroatoms. The van der Waals surface area contributed by atoms with Crippen molar-refractivity contribution in [3.63, 3.8) is 0 Å². The zero-order valence-corrected chi connectivity index (χ0v) is 8.32. The van der Waals surface area contributed by atoms with Crippen molar-refractivity contribution in [1.29, 1.82) is 0 Å². The van der Waals surface area contributed by atoms with E-state index in [-0.39, 0.29) is 11.0 Å². The number of H-pyrrole nitrogens is 1. The van der Waals surface area contributed by atoms with Crippen LogP contribution < -0.4 is 11.0 Å². The van der Waals surface area contributed by atoms with E-state index < -0.39 is 0 Å². The molecule has 0 unspecified atom stereocenters. The van der Waals surface area contributed by atoms with Crippen molar-refractivity contribution in [2.45, 2.75) is 27.7 Å². The highest BCUT2D eigenvalue weighted by Crippen LogP contribution is 1.97. The fourth-order valence-electron chi connectivity index (χ4n) is 1.15. The molecule has 0 fully saturated rings. The lowest BCUT2D eigenvalue weighted by molar-refractivity contribution is 1.12. The summed E-state index contributed by atoms with van der Waals surface area (Å²) in [6, 6.07) is 0. The molecule has 3 nitrogen and oxygen atoms in total. The van der Waals surface area contributed by atoms with E-state index in [1.807, 2.05) is 0 Å². The van der Waals surface area contributed by atoms with Gasteiger partial charge in [-0.1, -0.05) is 0 Å². The predicted molar refractivity (Wildman–Crippen MR) is 52.3 cm³/mol. The summed E-state index contributed by atoms with van der Waals surface area (Å²) in [5, 5.41) is 0. The lowest BCUT2D eigenvalue weighted by Crippen LogP contribution is -2.10. The fraction of sp³-hybridized carbons (Fsp3) is 0.400. The maximum absolute atomic E-state index is 11.6. The molecular weight excluding hydrogens is 166 g/mol. The molecule has 0 aliphatic carbocycles. The Bertz CT molecular complexity index is 458. The van der Waals surface area contributed by atoms with E-state index in [1.54, 1.807) is 27.7 Å². The maximum atomic E-state index is 11.6.